The van der Waals surface area contributed by atoms with Crippen molar-refractivity contribution in [3.8, 4) is 0 Å². The number of carbonyl (C=O) groups is 1. The first-order valence-corrected chi connectivity index (χ1v) is 5.99. The standard InChI is InChI=1S/C12H15Cl2NO/c1-9(16)3-2-6-15-8-10-4-5-11(13)7-12(10)14/h4-5,7,15H,2-3,6,8H2,1H3. The zero-order valence-corrected chi connectivity index (χ0v) is 10.7. The van der Waals surface area contributed by atoms with Crippen molar-refractivity contribution in [2.45, 2.75) is 26.3 Å². The molecule has 1 aromatic rings. The summed E-state index contributed by atoms with van der Waals surface area (Å²) in [5.41, 5.74) is 1.02. The summed E-state index contributed by atoms with van der Waals surface area (Å²) in [6, 6.07) is 5.46. The molecule has 0 radical (unpaired) electrons. The molecule has 0 saturated heterocycles. The van der Waals surface area contributed by atoms with E-state index in [1.165, 1.54) is 0 Å². The van der Waals surface area contributed by atoms with Gasteiger partial charge in [0.05, 0.1) is 0 Å². The first-order chi connectivity index (χ1) is 7.59. The third-order valence-electron chi connectivity index (χ3n) is 2.21. The Labute approximate surface area is 106 Å². The maximum atomic E-state index is 10.7. The molecule has 1 rings (SSSR count). The highest BCUT2D eigenvalue weighted by Crippen LogP contribution is 2.20. The van der Waals surface area contributed by atoms with E-state index in [1.807, 2.05) is 12.1 Å². The van der Waals surface area contributed by atoms with E-state index in [0.29, 0.717) is 23.0 Å². The maximum absolute atomic E-state index is 10.7. The van der Waals surface area contributed by atoms with Crippen LogP contribution in [-0.4, -0.2) is 12.3 Å². The zero-order valence-electron chi connectivity index (χ0n) is 9.22. The van der Waals surface area contributed by atoms with Crippen molar-refractivity contribution < 1.29 is 4.79 Å². The lowest BCUT2D eigenvalue weighted by atomic mass is 10.2. The Hall–Kier alpha value is -0.570. The van der Waals surface area contributed by atoms with Crippen LogP contribution >= 0.6 is 23.2 Å². The molecule has 0 amide bonds. The molecule has 16 heavy (non-hydrogen) atoms. The molecular formula is C12H15Cl2NO. The summed E-state index contributed by atoms with van der Waals surface area (Å²) in [6.07, 6.45) is 1.49. The van der Waals surface area contributed by atoms with E-state index in [0.717, 1.165) is 18.5 Å². The molecule has 1 aromatic carbocycles. The molecule has 0 aliphatic carbocycles. The normalized spacial score (nSPS) is 10.4. The molecule has 0 aliphatic rings. The second-order valence-electron chi connectivity index (χ2n) is 3.72. The van der Waals surface area contributed by atoms with Crippen molar-refractivity contribution in [2.75, 3.05) is 6.54 Å². The highest BCUT2D eigenvalue weighted by atomic mass is 35.5. The second-order valence-corrected chi connectivity index (χ2v) is 4.56. The van der Waals surface area contributed by atoms with Crippen LogP contribution in [0.4, 0.5) is 0 Å². The maximum Gasteiger partial charge on any atom is 0.129 e. The van der Waals surface area contributed by atoms with Gasteiger partial charge in [0.25, 0.3) is 0 Å². The van der Waals surface area contributed by atoms with E-state index in [2.05, 4.69) is 5.32 Å². The second kappa shape index (κ2) is 6.89. The molecule has 0 aromatic heterocycles. The zero-order chi connectivity index (χ0) is 12.0. The third kappa shape index (κ3) is 4.97. The van der Waals surface area contributed by atoms with Crippen LogP contribution in [0.5, 0.6) is 0 Å². The monoisotopic (exact) mass is 259 g/mol. The topological polar surface area (TPSA) is 29.1 Å². The van der Waals surface area contributed by atoms with Gasteiger partial charge in [0.15, 0.2) is 0 Å². The van der Waals surface area contributed by atoms with Crippen LogP contribution in [-0.2, 0) is 11.3 Å². The van der Waals surface area contributed by atoms with E-state index in [1.54, 1.807) is 13.0 Å². The van der Waals surface area contributed by atoms with E-state index in [-0.39, 0.29) is 5.78 Å². The average molecular weight is 260 g/mol. The molecule has 0 unspecified atom stereocenters. The van der Waals surface area contributed by atoms with Crippen LogP contribution in [0.2, 0.25) is 10.0 Å². The van der Waals surface area contributed by atoms with Gasteiger partial charge in [-0.1, -0.05) is 29.3 Å². The molecule has 0 aliphatic heterocycles. The Morgan fingerprint density at radius 1 is 1.38 bits per heavy atom. The van der Waals surface area contributed by atoms with E-state index >= 15 is 0 Å². The Morgan fingerprint density at radius 2 is 2.12 bits per heavy atom. The Kier molecular flexibility index (Phi) is 5.81. The van der Waals surface area contributed by atoms with E-state index in [9.17, 15) is 4.79 Å². The molecule has 0 atom stereocenters. The minimum absolute atomic E-state index is 0.228. The molecule has 1 N–H and O–H groups in total. The Balaban J connectivity index is 2.29. The molecule has 0 fully saturated rings. The van der Waals surface area contributed by atoms with Gasteiger partial charge in [0.2, 0.25) is 0 Å². The summed E-state index contributed by atoms with van der Waals surface area (Å²) < 4.78 is 0. The van der Waals surface area contributed by atoms with Gasteiger partial charge in [-0.2, -0.15) is 0 Å². The van der Waals surface area contributed by atoms with Gasteiger partial charge in [-0.05, 0) is 37.6 Å². The third-order valence-corrected chi connectivity index (χ3v) is 2.80. The van der Waals surface area contributed by atoms with Crippen molar-refractivity contribution in [1.82, 2.24) is 5.32 Å². The van der Waals surface area contributed by atoms with Crippen LogP contribution < -0.4 is 5.32 Å². The van der Waals surface area contributed by atoms with E-state index < -0.39 is 0 Å². The van der Waals surface area contributed by atoms with Crippen LogP contribution in [0.3, 0.4) is 0 Å². The molecule has 4 heteroatoms. The number of hydrogen-bond acceptors (Lipinski definition) is 2. The fourth-order valence-corrected chi connectivity index (χ4v) is 1.83. The molecule has 0 saturated carbocycles. The van der Waals surface area contributed by atoms with Crippen molar-refractivity contribution in [3.05, 3.63) is 33.8 Å². The van der Waals surface area contributed by atoms with Gasteiger partial charge in [-0.15, -0.1) is 0 Å². The number of Topliss-reactive ketones (excluding diaryl/α,β-unsaturated/α-hetero) is 1. The number of benzene rings is 1. The Bertz CT molecular complexity index is 366. The molecule has 0 bridgehead atoms. The quantitative estimate of drug-likeness (QED) is 0.794. The fourth-order valence-electron chi connectivity index (χ4n) is 1.35. The molecule has 88 valence electrons. The van der Waals surface area contributed by atoms with Crippen LogP contribution in [0.25, 0.3) is 0 Å². The summed E-state index contributed by atoms with van der Waals surface area (Å²) >= 11 is 11.8. The lowest BCUT2D eigenvalue weighted by molar-refractivity contribution is -0.117. The number of carbonyl (C=O) groups excluding carboxylic acids is 1. The summed E-state index contributed by atoms with van der Waals surface area (Å²) in [5, 5.41) is 4.55. The number of halogens is 2. The van der Waals surface area contributed by atoms with Crippen molar-refractivity contribution in [3.63, 3.8) is 0 Å². The van der Waals surface area contributed by atoms with Crippen molar-refractivity contribution in [2.24, 2.45) is 0 Å². The number of ketones is 1. The predicted octanol–water partition coefficient (Wildman–Crippen LogP) is 3.45. The first-order valence-electron chi connectivity index (χ1n) is 5.23. The number of nitrogens with one attached hydrogen (secondary N) is 1. The van der Waals surface area contributed by atoms with Gasteiger partial charge in [-0.25, -0.2) is 0 Å². The number of rotatable bonds is 6. The first kappa shape index (κ1) is 13.5. The average Bonchev–Trinajstić information content (AvgIpc) is 2.20. The summed E-state index contributed by atoms with van der Waals surface area (Å²) in [4.78, 5) is 10.7. The predicted molar refractivity (Wildman–Crippen MR) is 68.1 cm³/mol. The lowest BCUT2D eigenvalue weighted by Crippen LogP contribution is -2.15. The largest absolute Gasteiger partial charge is 0.313 e. The van der Waals surface area contributed by atoms with Gasteiger partial charge >= 0.3 is 0 Å². The summed E-state index contributed by atoms with van der Waals surface area (Å²) in [5.74, 6) is 0.228. The SMILES string of the molecule is CC(=O)CCCNCc1ccc(Cl)cc1Cl. The van der Waals surface area contributed by atoms with E-state index in [4.69, 9.17) is 23.2 Å². The van der Waals surface area contributed by atoms with Crippen LogP contribution in [0.15, 0.2) is 18.2 Å². The van der Waals surface area contributed by atoms with Crippen LogP contribution in [0, 0.1) is 0 Å². The van der Waals surface area contributed by atoms with Gasteiger partial charge < -0.3 is 10.1 Å². The highest BCUT2D eigenvalue weighted by Gasteiger charge is 2.00. The lowest BCUT2D eigenvalue weighted by Gasteiger charge is -2.06. The summed E-state index contributed by atoms with van der Waals surface area (Å²) in [7, 11) is 0. The molecule has 0 heterocycles. The van der Waals surface area contributed by atoms with Gasteiger partial charge in [0, 0.05) is 23.0 Å². The minimum atomic E-state index is 0.228. The Morgan fingerprint density at radius 3 is 2.75 bits per heavy atom. The van der Waals surface area contributed by atoms with Gasteiger partial charge in [0.1, 0.15) is 5.78 Å². The van der Waals surface area contributed by atoms with Crippen LogP contribution in [0.1, 0.15) is 25.3 Å². The smallest absolute Gasteiger partial charge is 0.129 e. The molecule has 2 nitrogen and oxygen atoms in total. The van der Waals surface area contributed by atoms with Crippen molar-refractivity contribution in [1.29, 1.82) is 0 Å². The molecule has 0 spiro atoms. The highest BCUT2D eigenvalue weighted by molar-refractivity contribution is 6.35. The number of hydrogen-bond donors (Lipinski definition) is 1. The molecular weight excluding hydrogens is 245 g/mol. The van der Waals surface area contributed by atoms with Gasteiger partial charge in [-0.3, -0.25) is 0 Å². The van der Waals surface area contributed by atoms with Crippen molar-refractivity contribution >= 4 is 29.0 Å². The fraction of sp³-hybridized carbons (Fsp3) is 0.417. The summed E-state index contributed by atoms with van der Waals surface area (Å²) in [6.45, 7) is 3.13. The minimum Gasteiger partial charge on any atom is -0.313 e.